The highest BCUT2D eigenvalue weighted by Gasteiger charge is 2.38. The second-order valence-electron chi connectivity index (χ2n) is 7.53. The van der Waals surface area contributed by atoms with Crippen molar-refractivity contribution in [2.24, 2.45) is 0 Å². The minimum absolute atomic E-state index is 0.195. The van der Waals surface area contributed by atoms with E-state index in [-0.39, 0.29) is 18.6 Å². The summed E-state index contributed by atoms with van der Waals surface area (Å²) in [4.78, 5) is 3.75. The number of aromatic nitrogens is 3. The van der Waals surface area contributed by atoms with Gasteiger partial charge in [0.2, 0.25) is 5.82 Å². The van der Waals surface area contributed by atoms with Gasteiger partial charge in [-0.15, -0.1) is 0 Å². The number of hydrogen-bond acceptors (Lipinski definition) is 2. The number of para-hydroxylation sites is 2. The van der Waals surface area contributed by atoms with E-state index in [1.165, 1.54) is 0 Å². The highest BCUT2D eigenvalue weighted by Crippen LogP contribution is 2.32. The van der Waals surface area contributed by atoms with Gasteiger partial charge < -0.3 is 14.2 Å². The summed E-state index contributed by atoms with van der Waals surface area (Å²) in [6.45, 7) is 6.00. The molecule has 1 N–H and O–H groups in total. The Kier molecular flexibility index (Phi) is 4.65. The Bertz CT molecular complexity index is 1200. The van der Waals surface area contributed by atoms with E-state index in [9.17, 15) is 18.3 Å². The van der Waals surface area contributed by atoms with Crippen LogP contribution in [0.1, 0.15) is 22.6 Å². The third kappa shape index (κ3) is 3.40. The van der Waals surface area contributed by atoms with E-state index in [0.29, 0.717) is 5.52 Å². The molecule has 4 rings (SSSR count). The Morgan fingerprint density at radius 3 is 2.38 bits per heavy atom. The highest BCUT2D eigenvalue weighted by molar-refractivity contribution is 5.86. The normalized spacial score (nSPS) is 13.5. The quantitative estimate of drug-likeness (QED) is 0.523. The minimum Gasteiger partial charge on any atom is -0.389 e. The van der Waals surface area contributed by atoms with Crippen LogP contribution in [0.2, 0.25) is 0 Å². The zero-order valence-corrected chi connectivity index (χ0v) is 16.5. The number of benzene rings is 2. The smallest absolute Gasteiger partial charge is 0.389 e. The molecule has 152 valence electrons. The van der Waals surface area contributed by atoms with Crippen molar-refractivity contribution in [3.63, 3.8) is 0 Å². The van der Waals surface area contributed by atoms with E-state index in [0.717, 1.165) is 32.3 Å². The lowest BCUT2D eigenvalue weighted by Crippen LogP contribution is -2.26. The molecule has 0 aliphatic rings. The summed E-state index contributed by atoms with van der Waals surface area (Å²) >= 11 is 0. The molecule has 0 saturated heterocycles. The number of fused-ring (bicyclic) bond motifs is 2. The van der Waals surface area contributed by atoms with Gasteiger partial charge in [-0.3, -0.25) is 0 Å². The summed E-state index contributed by atoms with van der Waals surface area (Å²) in [7, 11) is 0. The number of nitrogens with zero attached hydrogens (tertiary/aromatic N) is 3. The molecule has 1 atom stereocenters. The Morgan fingerprint density at radius 1 is 0.966 bits per heavy atom. The van der Waals surface area contributed by atoms with Crippen LogP contribution in [0.5, 0.6) is 0 Å². The van der Waals surface area contributed by atoms with Crippen LogP contribution in [0.4, 0.5) is 13.2 Å². The fraction of sp³-hybridized carbons (Fsp3) is 0.318. The maximum atomic E-state index is 13.5. The average molecular weight is 401 g/mol. The lowest BCUT2D eigenvalue weighted by atomic mass is 10.1. The molecule has 0 saturated carbocycles. The van der Waals surface area contributed by atoms with Crippen molar-refractivity contribution < 1.29 is 18.3 Å². The van der Waals surface area contributed by atoms with E-state index < -0.39 is 18.1 Å². The Morgan fingerprint density at radius 2 is 1.66 bits per heavy atom. The maximum Gasteiger partial charge on any atom is 0.449 e. The van der Waals surface area contributed by atoms with Crippen molar-refractivity contribution in [1.29, 1.82) is 0 Å². The molecule has 0 fully saturated rings. The van der Waals surface area contributed by atoms with E-state index in [4.69, 9.17) is 0 Å². The van der Waals surface area contributed by atoms with Gasteiger partial charge in [0.25, 0.3) is 0 Å². The predicted octanol–water partition coefficient (Wildman–Crippen LogP) is 5.00. The Labute approximate surface area is 166 Å². The van der Waals surface area contributed by atoms with Crippen LogP contribution in [-0.2, 0) is 19.3 Å². The second-order valence-corrected chi connectivity index (χ2v) is 7.53. The van der Waals surface area contributed by atoms with Crippen molar-refractivity contribution >= 4 is 21.9 Å². The first kappa shape index (κ1) is 19.5. The zero-order valence-electron chi connectivity index (χ0n) is 16.5. The van der Waals surface area contributed by atoms with E-state index >= 15 is 0 Å². The first-order chi connectivity index (χ1) is 13.7. The average Bonchev–Trinajstić information content (AvgIpc) is 3.13. The molecule has 0 aliphatic carbocycles. The third-order valence-electron chi connectivity index (χ3n) is 5.49. The van der Waals surface area contributed by atoms with Gasteiger partial charge in [0.1, 0.15) is 0 Å². The molecule has 0 radical (unpaired) electrons. The van der Waals surface area contributed by atoms with Gasteiger partial charge in [-0.25, -0.2) is 4.98 Å². The van der Waals surface area contributed by atoms with E-state index in [1.54, 1.807) is 24.3 Å². The lowest BCUT2D eigenvalue weighted by Gasteiger charge is -2.18. The molecule has 7 heteroatoms. The zero-order chi connectivity index (χ0) is 20.9. The van der Waals surface area contributed by atoms with Crippen molar-refractivity contribution in [2.45, 2.75) is 46.1 Å². The molecular weight excluding hydrogens is 379 g/mol. The number of alkyl halides is 3. The lowest BCUT2D eigenvalue weighted by molar-refractivity contribution is -0.147. The topological polar surface area (TPSA) is 43.0 Å². The highest BCUT2D eigenvalue weighted by atomic mass is 19.4. The summed E-state index contributed by atoms with van der Waals surface area (Å²) in [6, 6.07) is 12.5. The van der Waals surface area contributed by atoms with Crippen molar-refractivity contribution in [2.75, 3.05) is 0 Å². The van der Waals surface area contributed by atoms with Gasteiger partial charge in [0.05, 0.1) is 30.2 Å². The third-order valence-corrected chi connectivity index (χ3v) is 5.49. The van der Waals surface area contributed by atoms with Crippen LogP contribution in [0.3, 0.4) is 0 Å². The molecule has 0 aliphatic heterocycles. The fourth-order valence-corrected chi connectivity index (χ4v) is 3.95. The van der Waals surface area contributed by atoms with Crippen LogP contribution >= 0.6 is 0 Å². The molecule has 0 bridgehead atoms. The molecular formula is C22H22F3N3O. The standard InChI is InChI=1S/C22H22F3N3O/c1-13-8-9-19-17(10-13)14(2)15(3)27(19)11-16(29)12-28-20-7-5-4-6-18(20)26-21(28)22(23,24)25/h4-10,16,29H,11-12H2,1-3H3/t16-/m1/s1. The Hall–Kier alpha value is -2.80. The number of rotatable bonds is 4. The summed E-state index contributed by atoms with van der Waals surface area (Å²) in [5.41, 5.74) is 4.84. The van der Waals surface area contributed by atoms with Gasteiger partial charge in [0, 0.05) is 16.6 Å². The molecule has 2 aromatic heterocycles. The van der Waals surface area contributed by atoms with Gasteiger partial charge in [-0.05, 0) is 50.6 Å². The van der Waals surface area contributed by atoms with Crippen LogP contribution in [0.25, 0.3) is 21.9 Å². The maximum absolute atomic E-state index is 13.5. The number of imidazole rings is 1. The number of hydrogen-bond donors (Lipinski definition) is 1. The molecule has 29 heavy (non-hydrogen) atoms. The van der Waals surface area contributed by atoms with Gasteiger partial charge in [0.15, 0.2) is 0 Å². The van der Waals surface area contributed by atoms with E-state index in [2.05, 4.69) is 11.1 Å². The van der Waals surface area contributed by atoms with Crippen molar-refractivity contribution in [1.82, 2.24) is 14.1 Å². The van der Waals surface area contributed by atoms with Gasteiger partial charge in [-0.1, -0.05) is 23.8 Å². The van der Waals surface area contributed by atoms with Crippen LogP contribution in [-0.4, -0.2) is 25.3 Å². The Balaban J connectivity index is 1.71. The molecule has 4 aromatic rings. The fourth-order valence-electron chi connectivity index (χ4n) is 3.95. The number of aryl methyl sites for hydroxylation is 2. The largest absolute Gasteiger partial charge is 0.449 e. The van der Waals surface area contributed by atoms with Crippen molar-refractivity contribution in [3.05, 3.63) is 65.1 Å². The van der Waals surface area contributed by atoms with Gasteiger partial charge in [-0.2, -0.15) is 13.2 Å². The molecule has 2 aromatic carbocycles. The molecule has 0 spiro atoms. The second kappa shape index (κ2) is 6.91. The van der Waals surface area contributed by atoms with E-state index in [1.807, 2.05) is 37.5 Å². The molecule has 0 amide bonds. The van der Waals surface area contributed by atoms with Crippen LogP contribution in [0, 0.1) is 20.8 Å². The summed E-state index contributed by atoms with van der Waals surface area (Å²) < 4.78 is 43.6. The molecule has 4 nitrogen and oxygen atoms in total. The number of aliphatic hydroxyl groups excluding tert-OH is 1. The monoisotopic (exact) mass is 401 g/mol. The number of aliphatic hydroxyl groups is 1. The predicted molar refractivity (Wildman–Crippen MR) is 107 cm³/mol. The van der Waals surface area contributed by atoms with Gasteiger partial charge >= 0.3 is 6.18 Å². The summed E-state index contributed by atoms with van der Waals surface area (Å²) in [5, 5.41) is 11.8. The first-order valence-electron chi connectivity index (χ1n) is 9.43. The van der Waals surface area contributed by atoms with Crippen LogP contribution in [0.15, 0.2) is 42.5 Å². The summed E-state index contributed by atoms with van der Waals surface area (Å²) in [6.07, 6.45) is -5.60. The summed E-state index contributed by atoms with van der Waals surface area (Å²) in [5.74, 6) is -0.987. The number of halogens is 3. The molecule has 2 heterocycles. The minimum atomic E-state index is -4.59. The van der Waals surface area contributed by atoms with Crippen LogP contribution < -0.4 is 0 Å². The SMILES string of the molecule is Cc1ccc2c(c1)c(C)c(C)n2C[C@@H](O)Cn1c(C(F)(F)F)nc2ccccc21. The van der Waals surface area contributed by atoms with Crippen molar-refractivity contribution in [3.8, 4) is 0 Å². The molecule has 0 unspecified atom stereocenters. The first-order valence-corrected chi connectivity index (χ1v) is 9.43.